The Morgan fingerprint density at radius 3 is 0.664 bits per heavy atom. The molecule has 0 radical (unpaired) electrons. The molecule has 2 unspecified atom stereocenters. The number of ether oxygens (including phenoxy) is 16. The van der Waals surface area contributed by atoms with E-state index in [1.165, 1.54) is 0 Å². The second-order valence-electron chi connectivity index (χ2n) is 28.5. The molecular formula is C53H77N5Na12O65S8. The van der Waals surface area contributed by atoms with E-state index in [1.54, 1.807) is 0 Å². The van der Waals surface area contributed by atoms with Crippen LogP contribution in [0.5, 0.6) is 0 Å². The SMILES string of the molecule is NCCCCCO[C@@H]1OC(C(=O)[O-])[C@@H](O[C@H]2O[C@H](CO)[C@@H](O[C@@H]3O[C@@H](C(=O)[O-])[C@@H](O[C@H]4O[C@H](CO)[C@@H](O[C@@H]5OC(C(=O)[O-])[C@@H](O[C@H]6O[C@H](CO)[C@@H](O[C@@H]7O[C@@H](C(=O)[O-])[C@@H](O[C@H]8O[C@H](CO)[C@@H](O)[C@H](O)[C@H]8NS(=O)(=O)[O-])[C@H](O)[C@H]7OS(=O)(=O)[O-])[C@H](O)[C@H]6NS(=O)(=O)[O-])[C@H](O)[C@H]5OS(=O)(=O)[O-])[C@H](O)[C@H]4NS(=O)(=O)[O-])[C@H](O)[C@H]3OS(=O)(=O)[O-])[C@H](O)[C@H]2NS(=O)(=O)[O-])[C@H](O)[C@H]1OS(=O)(=O)[O-].[Na+].[Na+].[Na+].[Na+].[Na+].[Na+].[Na+].[Na+].[Na+].[Na+].[Na+].[Na+]. The molecule has 0 aromatic rings. The van der Waals surface area contributed by atoms with Crippen molar-refractivity contribution in [1.29, 1.82) is 0 Å². The number of rotatable bonds is 44. The van der Waals surface area contributed by atoms with Gasteiger partial charge in [0.1, 0.15) is 171 Å². The summed E-state index contributed by atoms with van der Waals surface area (Å²) in [6, 6.07) is -11.9. The molecule has 70 nitrogen and oxygen atoms in total. The molecule has 0 saturated carbocycles. The van der Waals surface area contributed by atoms with E-state index in [-0.39, 0.29) is 374 Å². The summed E-state index contributed by atoms with van der Waals surface area (Å²) >= 11 is 0. The molecule has 143 heavy (non-hydrogen) atoms. The first-order valence-electron chi connectivity index (χ1n) is 36.3. The number of hydrogen-bond acceptors (Lipinski definition) is 66. The van der Waals surface area contributed by atoms with Crippen LogP contribution in [-0.2, 0) is 195 Å². The number of hydrogen-bond donors (Lipinski definition) is 18. The molecule has 0 aliphatic carbocycles. The zero-order chi connectivity index (χ0) is 98.7. The maximum Gasteiger partial charge on any atom is 1.00 e. The monoisotopic (exact) mass is 2350 g/mol. The first-order chi connectivity index (χ1) is 60.2. The third kappa shape index (κ3) is 45.9. The molecule has 0 amide bonds. The van der Waals surface area contributed by atoms with Gasteiger partial charge in [-0.1, -0.05) is 0 Å². The van der Waals surface area contributed by atoms with Gasteiger partial charge < -0.3 is 224 Å². The van der Waals surface area contributed by atoms with Crippen LogP contribution in [0.2, 0.25) is 0 Å². The number of aliphatic hydroxyl groups excluding tert-OH is 13. The van der Waals surface area contributed by atoms with Crippen LogP contribution in [0.25, 0.3) is 0 Å². The molecule has 0 bridgehead atoms. The van der Waals surface area contributed by atoms with Gasteiger partial charge in [-0.15, -0.1) is 0 Å². The molecule has 8 aliphatic rings. The molecule has 0 aromatic heterocycles. The Kier molecular flexibility index (Phi) is 75.5. The maximum atomic E-state index is 13.1. The van der Waals surface area contributed by atoms with Gasteiger partial charge in [-0.05, 0) is 25.8 Å². The van der Waals surface area contributed by atoms with E-state index >= 15 is 0 Å². The Balaban J connectivity index is -0.00000529. The fourth-order valence-electron chi connectivity index (χ4n) is 14.2. The van der Waals surface area contributed by atoms with Gasteiger partial charge in [-0.25, -0.2) is 86.2 Å². The van der Waals surface area contributed by atoms with Crippen molar-refractivity contribution >= 4 is 107 Å². The van der Waals surface area contributed by atoms with Crippen molar-refractivity contribution in [2.75, 3.05) is 39.6 Å². The van der Waals surface area contributed by atoms with Gasteiger partial charge in [0.05, 0.1) is 50.3 Å². The van der Waals surface area contributed by atoms with E-state index in [0.29, 0.717) is 6.42 Å². The van der Waals surface area contributed by atoms with Crippen molar-refractivity contribution < 1.29 is 657 Å². The fourth-order valence-corrected chi connectivity index (χ4v) is 18.5. The number of nitrogens with two attached hydrogens (primary N) is 1. The Labute approximate surface area is 1070 Å². The van der Waals surface area contributed by atoms with E-state index in [1.807, 2.05) is 0 Å². The maximum absolute atomic E-state index is 13.1. The standard InChI is InChI=1S/C53H89N5O65S8.12Na/c54-4-2-1-3-5-104-50-34(120-128(92,93)94)23(68)30(38(116-50)42(72)73)113-47-15(56-125(83,84)85)20(65)27(11(7-60)106-47)110-52-36(122-130(98,99)100)25(70)32(40(118-52)44(76)77)115-49-17(58-127(89,90)91)22(67)29(13(9-62)108-49)111-53-37(123-131(101,102)103)26(71)33(41(119-53)45(78)79)114-48-16(57-126(86,87)88)21(66)28(12(8-61)107-48)109-51-35(121-129(95,96)97)24(69)31(39(117-51)43(74)75)112-46-14(55-124(80,81)82)19(64)18(63)10(6-59)105-46;;;;;;;;;;;;/h10-41,46-53,55-71H,1-9,54H2,(H,72,73)(H,74,75)(H,76,77)(H,78,79)(H,80,81,82)(H,83,84,85)(H,86,87,88)(H,89,90,91)(H,92,93,94)(H,95,96,97)(H,98,99,100)(H,101,102,103);;;;;;;;;;;;/q;12*+1/p-12/t10-,11-,12-,13-,14-,15-,16-,17-,18-,19-,20-,21-,22-,23+,24+,25+,26+,27-,28-,29-,30+,31+,32+,33+,34-,35-,36-,37-,38?,39-,40-,41?,46-,47-,48-,49-,50-,51-,52-,53-;;;;;;;;;;;;/m1............/s1. The smallest absolute Gasteiger partial charge is 0.735 e. The Morgan fingerprint density at radius 1 is 0.259 bits per heavy atom. The Bertz CT molecular complexity index is 4910. The van der Waals surface area contributed by atoms with Crippen LogP contribution in [-0.4, -0.2) is 479 Å². The molecule has 40 atom stereocenters. The second kappa shape index (κ2) is 67.9. The molecule has 0 spiro atoms. The first kappa shape index (κ1) is 159. The van der Waals surface area contributed by atoms with Crippen LogP contribution in [0.4, 0.5) is 0 Å². The van der Waals surface area contributed by atoms with Crippen LogP contribution in [0.3, 0.4) is 0 Å². The van der Waals surface area contributed by atoms with E-state index in [2.05, 4.69) is 16.7 Å². The van der Waals surface area contributed by atoms with E-state index in [4.69, 9.17) is 81.5 Å². The van der Waals surface area contributed by atoms with Gasteiger partial charge in [0.2, 0.25) is 41.6 Å². The van der Waals surface area contributed by atoms with Crippen LogP contribution >= 0.6 is 0 Å². The minimum Gasteiger partial charge on any atom is -0.735 e. The average molecular weight is 2360 g/mol. The van der Waals surface area contributed by atoms with Gasteiger partial charge in [0.25, 0.3) is 0 Å². The van der Waals surface area contributed by atoms with Gasteiger partial charge in [0.15, 0.2) is 116 Å². The molecular weight excluding hydrogens is 2280 g/mol. The van der Waals surface area contributed by atoms with E-state index in [9.17, 15) is 210 Å². The van der Waals surface area contributed by atoms with Gasteiger partial charge >= 0.3 is 355 Å². The summed E-state index contributed by atoms with van der Waals surface area (Å²) in [5, 5.41) is 196. The molecule has 90 heteroatoms. The second-order valence-corrected chi connectivity index (χ2v) is 37.1. The molecule has 8 heterocycles. The Morgan fingerprint density at radius 2 is 0.462 bits per heavy atom. The first-order valence-corrected chi connectivity index (χ1v) is 47.2. The van der Waals surface area contributed by atoms with Crippen LogP contribution < -0.4 is 400 Å². The average Bonchev–Trinajstić information content (AvgIpc) is 0.733. The third-order valence-electron chi connectivity index (χ3n) is 19.7. The summed E-state index contributed by atoms with van der Waals surface area (Å²) in [6.07, 6.45) is -108. The van der Waals surface area contributed by atoms with Gasteiger partial charge in [-0.2, -0.15) is 0 Å². The van der Waals surface area contributed by atoms with Crippen molar-refractivity contribution in [2.45, 2.75) is 265 Å². The number of carbonyl (C=O) groups is 4. The zero-order valence-corrected chi connectivity index (χ0v) is 107. The van der Waals surface area contributed by atoms with E-state index in [0.717, 1.165) is 18.9 Å². The normalized spacial score (nSPS) is 37.6. The number of carboxylic acid groups (broad SMARTS) is 4. The van der Waals surface area contributed by atoms with Crippen LogP contribution in [0.1, 0.15) is 19.3 Å². The number of aliphatic carboxylic acids is 4. The molecule has 8 fully saturated rings. The zero-order valence-electron chi connectivity index (χ0n) is 76.3. The number of aliphatic hydroxyl groups is 13. The van der Waals surface area contributed by atoms with E-state index < -0.39 is 385 Å². The van der Waals surface area contributed by atoms with Crippen molar-refractivity contribution in [3.8, 4) is 0 Å². The summed E-state index contributed by atoms with van der Waals surface area (Å²) in [6.45, 7) is -7.08. The summed E-state index contributed by atoms with van der Waals surface area (Å²) in [5.41, 5.74) is 5.43. The van der Waals surface area contributed by atoms with Crippen molar-refractivity contribution in [2.24, 2.45) is 5.73 Å². The third-order valence-corrected chi connectivity index (χ3v) is 23.7. The summed E-state index contributed by atoms with van der Waals surface area (Å²) in [4.78, 5) is 51.5. The molecule has 8 saturated heterocycles. The minimum atomic E-state index is -6.59. The Hall–Kier alpha value is 7.64. The molecule has 764 valence electrons. The summed E-state index contributed by atoms with van der Waals surface area (Å²) in [7, 11) is -50.1. The van der Waals surface area contributed by atoms with Crippen LogP contribution in [0.15, 0.2) is 0 Å². The molecule has 8 aliphatic heterocycles. The quantitative estimate of drug-likeness (QED) is 0.0117. The number of unbranched alkanes of at least 4 members (excludes halogenated alkanes) is 2. The van der Waals surface area contributed by atoms with Crippen molar-refractivity contribution in [3.63, 3.8) is 0 Å². The number of nitrogens with one attached hydrogen (secondary N) is 4. The molecule has 0 aromatic carbocycles. The topological polar surface area (TPSA) is 1140 Å². The number of carbonyl (C=O) groups excluding carboxylic acids is 4. The molecule has 19 N–H and O–H groups in total. The van der Waals surface area contributed by atoms with Crippen LogP contribution in [0, 0.1) is 0 Å². The predicted molar refractivity (Wildman–Crippen MR) is 359 cm³/mol. The summed E-state index contributed by atoms with van der Waals surface area (Å²) in [5.74, 6) is -10.7. The number of carboxylic acids is 4. The van der Waals surface area contributed by atoms with Crippen molar-refractivity contribution in [1.82, 2.24) is 18.9 Å². The fraction of sp³-hybridized carbons (Fsp3) is 0.925. The van der Waals surface area contributed by atoms with Crippen molar-refractivity contribution in [3.05, 3.63) is 0 Å². The minimum absolute atomic E-state index is 0. The van der Waals surface area contributed by atoms with Gasteiger partial charge in [0, 0.05) is 6.61 Å². The van der Waals surface area contributed by atoms with Gasteiger partial charge in [-0.3, -0.25) is 16.7 Å². The predicted octanol–water partition coefficient (Wildman–Crippen LogP) is -64.1. The molecule has 8 rings (SSSR count). The largest absolute Gasteiger partial charge is 1.00 e. The summed E-state index contributed by atoms with van der Waals surface area (Å²) < 4.78 is 401.